The van der Waals surface area contributed by atoms with Crippen LogP contribution in [-0.4, -0.2) is 66.1 Å². The normalized spacial score (nSPS) is 11.7. The van der Waals surface area contributed by atoms with Gasteiger partial charge in [0, 0.05) is 31.1 Å². The van der Waals surface area contributed by atoms with Crippen LogP contribution in [0.4, 0.5) is 5.69 Å². The second kappa shape index (κ2) is 15.7. The molecule has 0 radical (unpaired) electrons. The summed E-state index contributed by atoms with van der Waals surface area (Å²) in [7, 11) is 1.26. The van der Waals surface area contributed by atoms with Crippen LogP contribution in [0.25, 0.3) is 0 Å². The maximum absolute atomic E-state index is 14.6. The van der Waals surface area contributed by atoms with Gasteiger partial charge in [0.05, 0.1) is 31.9 Å². The SMILES string of the molecule is CNC(=O)[C@@H](Cc1ccccc1)N(Cc1ccccc1C)C(=O)CN(c1cc(Cl)ccc1OC)S(=O)(=O)c1ccc(OC)c(OC)c1. The van der Waals surface area contributed by atoms with E-state index in [9.17, 15) is 18.0 Å². The van der Waals surface area contributed by atoms with Crippen molar-refractivity contribution in [1.29, 1.82) is 0 Å². The molecule has 0 spiro atoms. The molecular formula is C35H38ClN3O7S. The van der Waals surface area contributed by atoms with Gasteiger partial charge in [0.2, 0.25) is 11.8 Å². The summed E-state index contributed by atoms with van der Waals surface area (Å²) in [4.78, 5) is 29.3. The van der Waals surface area contributed by atoms with Crippen LogP contribution in [0.3, 0.4) is 0 Å². The fourth-order valence-corrected chi connectivity index (χ4v) is 6.77. The van der Waals surface area contributed by atoms with Crippen molar-refractivity contribution in [3.8, 4) is 17.2 Å². The van der Waals surface area contributed by atoms with Crippen LogP contribution in [0, 0.1) is 6.92 Å². The quantitative estimate of drug-likeness (QED) is 0.194. The van der Waals surface area contributed by atoms with Gasteiger partial charge in [0.15, 0.2) is 11.5 Å². The van der Waals surface area contributed by atoms with Crippen molar-refractivity contribution < 1.29 is 32.2 Å². The van der Waals surface area contributed by atoms with Gasteiger partial charge in [-0.1, -0.05) is 66.2 Å². The number of hydrogen-bond donors (Lipinski definition) is 1. The number of aryl methyl sites for hydroxylation is 1. The third kappa shape index (κ3) is 8.16. The molecule has 0 aliphatic carbocycles. The maximum atomic E-state index is 14.6. The van der Waals surface area contributed by atoms with Gasteiger partial charge in [-0.3, -0.25) is 13.9 Å². The number of carbonyl (C=O) groups is 2. The fourth-order valence-electron chi connectivity index (χ4n) is 5.17. The Balaban J connectivity index is 1.87. The lowest BCUT2D eigenvalue weighted by Gasteiger charge is -2.34. The molecule has 0 heterocycles. The highest BCUT2D eigenvalue weighted by Gasteiger charge is 2.36. The Morgan fingerprint density at radius 3 is 2.11 bits per heavy atom. The van der Waals surface area contributed by atoms with Crippen molar-refractivity contribution in [1.82, 2.24) is 10.2 Å². The molecule has 4 aromatic carbocycles. The smallest absolute Gasteiger partial charge is 0.265 e. The van der Waals surface area contributed by atoms with Gasteiger partial charge < -0.3 is 24.4 Å². The number of amides is 2. The standard InChI is InChI=1S/C35H38ClN3O7S/c1-24-11-9-10-14-26(24)22-38(30(35(41)37-2)19-25-12-7-6-8-13-25)34(40)23-39(29-20-27(36)15-17-31(29)44-3)47(42,43)28-16-18-32(45-4)33(21-28)46-5/h6-18,20-21,30H,19,22-23H2,1-5H3,(H,37,41)/t30-/m1/s1. The minimum atomic E-state index is -4.47. The lowest BCUT2D eigenvalue weighted by molar-refractivity contribution is -0.139. The molecule has 0 bridgehead atoms. The van der Waals surface area contributed by atoms with Crippen molar-refractivity contribution in [2.45, 2.75) is 30.8 Å². The highest BCUT2D eigenvalue weighted by molar-refractivity contribution is 7.92. The summed E-state index contributed by atoms with van der Waals surface area (Å²) in [6.07, 6.45) is 0.195. The third-order valence-corrected chi connectivity index (χ3v) is 9.74. The van der Waals surface area contributed by atoms with Crippen LogP contribution >= 0.6 is 11.6 Å². The summed E-state index contributed by atoms with van der Waals surface area (Å²) in [6, 6.07) is 24.5. The first-order chi connectivity index (χ1) is 22.5. The van der Waals surface area contributed by atoms with E-state index in [-0.39, 0.29) is 40.1 Å². The number of methoxy groups -OCH3 is 3. The van der Waals surface area contributed by atoms with E-state index in [0.717, 1.165) is 21.0 Å². The van der Waals surface area contributed by atoms with Gasteiger partial charge >= 0.3 is 0 Å². The minimum absolute atomic E-state index is 0.0403. The lowest BCUT2D eigenvalue weighted by Crippen LogP contribution is -2.53. The predicted octanol–water partition coefficient (Wildman–Crippen LogP) is 5.26. The first-order valence-corrected chi connectivity index (χ1v) is 16.5. The Bertz CT molecular complexity index is 1820. The Kier molecular flexibility index (Phi) is 11.7. The molecule has 4 aromatic rings. The van der Waals surface area contributed by atoms with E-state index in [1.807, 2.05) is 61.5 Å². The summed E-state index contributed by atoms with van der Waals surface area (Å²) in [5.74, 6) is -0.340. The van der Waals surface area contributed by atoms with Crippen molar-refractivity contribution in [3.05, 3.63) is 113 Å². The number of benzene rings is 4. The molecule has 0 fully saturated rings. The molecule has 0 aliphatic heterocycles. The molecule has 1 N–H and O–H groups in total. The van der Waals surface area contributed by atoms with Crippen LogP contribution in [0.15, 0.2) is 95.9 Å². The molecule has 2 amide bonds. The average Bonchev–Trinajstić information content (AvgIpc) is 3.08. The van der Waals surface area contributed by atoms with Crippen molar-refractivity contribution in [2.75, 3.05) is 39.2 Å². The van der Waals surface area contributed by atoms with E-state index in [1.165, 1.54) is 63.6 Å². The van der Waals surface area contributed by atoms with E-state index in [0.29, 0.717) is 5.75 Å². The number of sulfonamides is 1. The zero-order valence-corrected chi connectivity index (χ0v) is 28.5. The van der Waals surface area contributed by atoms with Gasteiger partial charge in [0.25, 0.3) is 10.0 Å². The largest absolute Gasteiger partial charge is 0.495 e. The molecule has 1 atom stereocenters. The monoisotopic (exact) mass is 679 g/mol. The molecule has 0 aromatic heterocycles. The molecule has 248 valence electrons. The number of hydrogen-bond acceptors (Lipinski definition) is 7. The number of ether oxygens (including phenoxy) is 3. The Labute approximate surface area is 280 Å². The van der Waals surface area contributed by atoms with Gasteiger partial charge in [-0.25, -0.2) is 8.42 Å². The summed E-state index contributed by atoms with van der Waals surface area (Å²) >= 11 is 6.36. The zero-order chi connectivity index (χ0) is 34.1. The summed E-state index contributed by atoms with van der Waals surface area (Å²) in [5.41, 5.74) is 2.58. The molecule has 47 heavy (non-hydrogen) atoms. The van der Waals surface area contributed by atoms with E-state index in [1.54, 1.807) is 6.07 Å². The molecule has 0 saturated heterocycles. The molecule has 0 saturated carbocycles. The molecule has 10 nitrogen and oxygen atoms in total. The zero-order valence-electron chi connectivity index (χ0n) is 26.9. The van der Waals surface area contributed by atoms with Crippen LogP contribution in [0.5, 0.6) is 17.2 Å². The number of carbonyl (C=O) groups excluding carboxylic acids is 2. The fraction of sp³-hybridized carbons (Fsp3) is 0.257. The first-order valence-electron chi connectivity index (χ1n) is 14.7. The molecule has 0 aliphatic rings. The minimum Gasteiger partial charge on any atom is -0.495 e. The summed E-state index contributed by atoms with van der Waals surface area (Å²) in [5, 5.41) is 2.91. The van der Waals surface area contributed by atoms with E-state index >= 15 is 0 Å². The maximum Gasteiger partial charge on any atom is 0.265 e. The van der Waals surface area contributed by atoms with Gasteiger partial charge in [0.1, 0.15) is 18.3 Å². The van der Waals surface area contributed by atoms with E-state index in [2.05, 4.69) is 5.32 Å². The lowest BCUT2D eigenvalue weighted by atomic mass is 10.0. The van der Waals surface area contributed by atoms with Crippen molar-refractivity contribution in [3.63, 3.8) is 0 Å². The number of anilines is 1. The average molecular weight is 680 g/mol. The van der Waals surface area contributed by atoms with Gasteiger partial charge in [-0.2, -0.15) is 0 Å². The molecule has 0 unspecified atom stereocenters. The van der Waals surface area contributed by atoms with Crippen LogP contribution in [-0.2, 0) is 32.6 Å². The van der Waals surface area contributed by atoms with Crippen molar-refractivity contribution in [2.24, 2.45) is 0 Å². The Morgan fingerprint density at radius 1 is 0.830 bits per heavy atom. The van der Waals surface area contributed by atoms with Crippen molar-refractivity contribution >= 4 is 39.1 Å². The molecule has 4 rings (SSSR count). The van der Waals surface area contributed by atoms with Crippen LogP contribution in [0.1, 0.15) is 16.7 Å². The highest BCUT2D eigenvalue weighted by Crippen LogP contribution is 2.37. The van der Waals surface area contributed by atoms with Crippen LogP contribution in [0.2, 0.25) is 5.02 Å². The summed E-state index contributed by atoms with van der Waals surface area (Å²) in [6.45, 7) is 1.28. The van der Waals surface area contributed by atoms with Gasteiger partial charge in [-0.15, -0.1) is 0 Å². The number of nitrogens with zero attached hydrogens (tertiary/aromatic N) is 2. The topological polar surface area (TPSA) is 114 Å². The second-order valence-electron chi connectivity index (χ2n) is 10.6. The van der Waals surface area contributed by atoms with E-state index in [4.69, 9.17) is 25.8 Å². The summed E-state index contributed by atoms with van der Waals surface area (Å²) < 4.78 is 46.1. The van der Waals surface area contributed by atoms with Crippen LogP contribution < -0.4 is 23.8 Å². The number of rotatable bonds is 14. The number of likely N-dealkylation sites (N-methyl/N-ethyl adjacent to an activating group) is 1. The predicted molar refractivity (Wildman–Crippen MR) is 182 cm³/mol. The first kappa shape index (κ1) is 35.1. The third-order valence-electron chi connectivity index (χ3n) is 7.75. The molecular weight excluding hydrogens is 642 g/mol. The van der Waals surface area contributed by atoms with E-state index < -0.39 is 34.4 Å². The number of halogens is 1. The second-order valence-corrected chi connectivity index (χ2v) is 12.9. The number of nitrogens with one attached hydrogen (secondary N) is 1. The van der Waals surface area contributed by atoms with Gasteiger partial charge in [-0.05, 0) is 53.9 Å². The molecule has 12 heteroatoms. The Morgan fingerprint density at radius 2 is 1.47 bits per heavy atom. The Hall–Kier alpha value is -4.74. The highest BCUT2D eigenvalue weighted by atomic mass is 35.5.